The minimum Gasteiger partial charge on any atom is -0.493 e. The predicted molar refractivity (Wildman–Crippen MR) is 179 cm³/mol. The molecule has 0 bridgehead atoms. The maximum atomic E-state index is 14.2. The molecule has 0 aliphatic carbocycles. The molecule has 0 spiro atoms. The predicted octanol–water partition coefficient (Wildman–Crippen LogP) is 6.56. The Balaban J connectivity index is 1.49. The molecule has 5 aromatic rings. The molecule has 1 aliphatic rings. The van der Waals surface area contributed by atoms with Gasteiger partial charge in [0.05, 0.1) is 40.0 Å². The Bertz CT molecular complexity index is 2180. The summed E-state index contributed by atoms with van der Waals surface area (Å²) in [6, 6.07) is 23.7. The average Bonchev–Trinajstić information content (AvgIpc) is 3.38. The van der Waals surface area contributed by atoms with E-state index in [1.165, 1.54) is 29.9 Å². The monoisotopic (exact) mass is 716 g/mol. The zero-order chi connectivity index (χ0) is 33.1. The van der Waals surface area contributed by atoms with E-state index in [-0.39, 0.29) is 24.6 Å². The molecule has 238 valence electrons. The first-order valence-electron chi connectivity index (χ1n) is 14.6. The second-order valence-electron chi connectivity index (χ2n) is 10.4. The van der Waals surface area contributed by atoms with Crippen molar-refractivity contribution >= 4 is 45.0 Å². The number of carbonyl (C=O) groups is 1. The van der Waals surface area contributed by atoms with Crippen LogP contribution in [-0.4, -0.2) is 24.3 Å². The number of fused-ring (bicyclic) bond motifs is 1. The van der Waals surface area contributed by atoms with Crippen molar-refractivity contribution in [3.8, 4) is 11.5 Å². The van der Waals surface area contributed by atoms with Gasteiger partial charge in [-0.15, -0.1) is 0 Å². The fraction of sp³-hybridized carbons (Fsp3) is 0.139. The summed E-state index contributed by atoms with van der Waals surface area (Å²) in [6.45, 7) is 1.79. The third kappa shape index (κ3) is 6.54. The van der Waals surface area contributed by atoms with Gasteiger partial charge in [0.25, 0.3) is 5.56 Å². The summed E-state index contributed by atoms with van der Waals surface area (Å²) in [6.07, 6.45) is 1.69. The summed E-state index contributed by atoms with van der Waals surface area (Å²) in [5, 5.41) is 0. The van der Waals surface area contributed by atoms with E-state index in [0.717, 1.165) is 11.3 Å². The summed E-state index contributed by atoms with van der Waals surface area (Å²) in [5.74, 6) is -0.715. The van der Waals surface area contributed by atoms with E-state index < -0.39 is 23.4 Å². The number of rotatable bonds is 9. The van der Waals surface area contributed by atoms with Crippen LogP contribution in [0.25, 0.3) is 11.8 Å². The highest BCUT2D eigenvalue weighted by Gasteiger charge is 2.35. The Morgan fingerprint density at radius 1 is 1.02 bits per heavy atom. The van der Waals surface area contributed by atoms with Gasteiger partial charge < -0.3 is 14.2 Å². The molecule has 4 aromatic carbocycles. The zero-order valence-electron chi connectivity index (χ0n) is 25.2. The molecule has 0 fully saturated rings. The van der Waals surface area contributed by atoms with Gasteiger partial charge in [0, 0.05) is 11.1 Å². The van der Waals surface area contributed by atoms with Crippen LogP contribution in [0.5, 0.6) is 11.5 Å². The minimum absolute atomic E-state index is 0.0183. The lowest BCUT2D eigenvalue weighted by Crippen LogP contribution is -2.40. The second kappa shape index (κ2) is 13.9. The molecule has 0 amide bonds. The highest BCUT2D eigenvalue weighted by Crippen LogP contribution is 2.38. The molecule has 0 unspecified atom stereocenters. The SMILES string of the molecule is CCOC(=O)C1=C(c2ccccc2)N=c2sc(=Cc3cc(Br)c(OCc4ccccc4F)c(OC)c3)c(=O)n2[C@H]1c1ccc(F)cc1. The van der Waals surface area contributed by atoms with Crippen LogP contribution in [0.3, 0.4) is 0 Å². The topological polar surface area (TPSA) is 79.1 Å². The molecular formula is C36H27BrF2N2O5S. The number of halogens is 3. The largest absolute Gasteiger partial charge is 0.493 e. The number of methoxy groups -OCH3 is 1. The Kier molecular flexibility index (Phi) is 9.46. The highest BCUT2D eigenvalue weighted by molar-refractivity contribution is 9.10. The summed E-state index contributed by atoms with van der Waals surface area (Å²) < 4.78 is 47.5. The fourth-order valence-corrected chi connectivity index (χ4v) is 6.86. The van der Waals surface area contributed by atoms with Crippen molar-refractivity contribution in [2.24, 2.45) is 4.99 Å². The van der Waals surface area contributed by atoms with Crippen molar-refractivity contribution < 1.29 is 27.8 Å². The van der Waals surface area contributed by atoms with Crippen LogP contribution >= 0.6 is 27.3 Å². The lowest BCUT2D eigenvalue weighted by atomic mass is 9.93. The van der Waals surface area contributed by atoms with Crippen LogP contribution in [0.15, 0.2) is 111 Å². The molecule has 2 heterocycles. The summed E-state index contributed by atoms with van der Waals surface area (Å²) in [7, 11) is 1.49. The number of carbonyl (C=O) groups excluding carboxylic acids is 1. The van der Waals surface area contributed by atoms with E-state index in [0.29, 0.717) is 53.3 Å². The summed E-state index contributed by atoms with van der Waals surface area (Å²) >= 11 is 4.69. The quantitative estimate of drug-likeness (QED) is 0.162. The number of hydrogen-bond donors (Lipinski definition) is 0. The average molecular weight is 718 g/mol. The van der Waals surface area contributed by atoms with Crippen molar-refractivity contribution in [1.82, 2.24) is 4.57 Å². The molecule has 1 aliphatic heterocycles. The molecule has 1 aromatic heterocycles. The second-order valence-corrected chi connectivity index (χ2v) is 12.3. The lowest BCUT2D eigenvalue weighted by Gasteiger charge is -2.25. The molecule has 0 N–H and O–H groups in total. The number of hydrogen-bond acceptors (Lipinski definition) is 7. The number of nitrogens with zero attached hydrogens (tertiary/aromatic N) is 2. The van der Waals surface area contributed by atoms with E-state index in [1.807, 2.05) is 30.3 Å². The van der Waals surface area contributed by atoms with Crippen LogP contribution in [-0.2, 0) is 16.1 Å². The molecule has 47 heavy (non-hydrogen) atoms. The Morgan fingerprint density at radius 3 is 2.45 bits per heavy atom. The van der Waals surface area contributed by atoms with Gasteiger partial charge in [-0.1, -0.05) is 72.0 Å². The van der Waals surface area contributed by atoms with E-state index in [2.05, 4.69) is 15.9 Å². The highest BCUT2D eigenvalue weighted by atomic mass is 79.9. The fourth-order valence-electron chi connectivity index (χ4n) is 5.28. The molecule has 0 radical (unpaired) electrons. The van der Waals surface area contributed by atoms with Gasteiger partial charge in [-0.3, -0.25) is 9.36 Å². The zero-order valence-corrected chi connectivity index (χ0v) is 27.6. The summed E-state index contributed by atoms with van der Waals surface area (Å²) in [5.41, 5.74) is 2.33. The van der Waals surface area contributed by atoms with Gasteiger partial charge in [-0.05, 0) is 70.4 Å². The van der Waals surface area contributed by atoms with Gasteiger partial charge in [-0.2, -0.15) is 0 Å². The first-order valence-corrected chi connectivity index (χ1v) is 16.2. The molecule has 7 nitrogen and oxygen atoms in total. The van der Waals surface area contributed by atoms with E-state index in [1.54, 1.807) is 55.5 Å². The van der Waals surface area contributed by atoms with Gasteiger partial charge >= 0.3 is 5.97 Å². The van der Waals surface area contributed by atoms with E-state index >= 15 is 0 Å². The van der Waals surface area contributed by atoms with Crippen LogP contribution in [0.2, 0.25) is 0 Å². The Labute approximate surface area is 280 Å². The van der Waals surface area contributed by atoms with Crippen LogP contribution in [0.1, 0.15) is 35.2 Å². The maximum absolute atomic E-state index is 14.2. The molecule has 0 saturated carbocycles. The lowest BCUT2D eigenvalue weighted by molar-refractivity contribution is -0.138. The van der Waals surface area contributed by atoms with Crippen LogP contribution < -0.4 is 24.4 Å². The van der Waals surface area contributed by atoms with Gasteiger partial charge in [0.15, 0.2) is 16.3 Å². The minimum atomic E-state index is -0.932. The van der Waals surface area contributed by atoms with Gasteiger partial charge in [0.2, 0.25) is 0 Å². The van der Waals surface area contributed by atoms with E-state index in [9.17, 15) is 18.4 Å². The third-order valence-corrected chi connectivity index (χ3v) is 9.01. The molecular weight excluding hydrogens is 690 g/mol. The number of ether oxygens (including phenoxy) is 3. The normalized spacial score (nSPS) is 14.4. The maximum Gasteiger partial charge on any atom is 0.338 e. The van der Waals surface area contributed by atoms with Crippen LogP contribution in [0.4, 0.5) is 8.78 Å². The van der Waals surface area contributed by atoms with Gasteiger partial charge in [-0.25, -0.2) is 18.6 Å². The van der Waals surface area contributed by atoms with Crippen molar-refractivity contribution in [3.63, 3.8) is 0 Å². The first kappa shape index (κ1) is 32.1. The van der Waals surface area contributed by atoms with E-state index in [4.69, 9.17) is 19.2 Å². The Morgan fingerprint density at radius 2 is 1.74 bits per heavy atom. The molecule has 11 heteroatoms. The van der Waals surface area contributed by atoms with Crippen molar-refractivity contribution in [1.29, 1.82) is 0 Å². The van der Waals surface area contributed by atoms with Crippen molar-refractivity contribution in [3.05, 3.63) is 155 Å². The van der Waals surface area contributed by atoms with Crippen molar-refractivity contribution in [2.75, 3.05) is 13.7 Å². The number of aromatic nitrogens is 1. The first-order chi connectivity index (χ1) is 22.8. The number of benzene rings is 4. The Hall–Kier alpha value is -4.87. The number of thiazole rings is 1. The van der Waals surface area contributed by atoms with Gasteiger partial charge in [0.1, 0.15) is 18.2 Å². The molecule has 0 saturated heterocycles. The molecule has 1 atom stereocenters. The standard InChI is InChI=1S/C36H27BrF2N2O5S/c1-3-45-35(43)30-31(22-9-5-4-6-10-22)40-36-41(32(30)23-13-15-25(38)16-14-23)34(42)29(47-36)19-21-17-26(37)33(28(18-21)44-2)46-20-24-11-7-8-12-27(24)39/h4-19,32H,3,20H2,1-2H3/t32-/m0/s1. The van der Waals surface area contributed by atoms with Crippen LogP contribution in [0, 0.1) is 11.6 Å². The summed E-state index contributed by atoms with van der Waals surface area (Å²) in [4.78, 5) is 32.9. The molecule has 6 rings (SSSR count). The third-order valence-electron chi connectivity index (χ3n) is 7.44. The number of esters is 1. The smallest absolute Gasteiger partial charge is 0.338 e. The van der Waals surface area contributed by atoms with Crippen molar-refractivity contribution in [2.45, 2.75) is 19.6 Å².